The molecule has 2 rings (SSSR count). The van der Waals surface area contributed by atoms with Crippen molar-refractivity contribution in [3.8, 4) is 0 Å². The third kappa shape index (κ3) is 4.67. The second-order valence-electron chi connectivity index (χ2n) is 4.62. The molecule has 0 aliphatic rings. The number of halogens is 2. The Bertz CT molecular complexity index is 592. The average Bonchev–Trinajstić information content (AvgIpc) is 2.48. The van der Waals surface area contributed by atoms with Gasteiger partial charge in [0.15, 0.2) is 0 Å². The highest BCUT2D eigenvalue weighted by atomic mass is 79.9. The van der Waals surface area contributed by atoms with E-state index in [4.69, 9.17) is 0 Å². The first-order valence-corrected chi connectivity index (χ1v) is 7.72. The summed E-state index contributed by atoms with van der Waals surface area (Å²) < 4.78 is 13.9. The fourth-order valence-electron chi connectivity index (χ4n) is 1.88. The van der Waals surface area contributed by atoms with Crippen LogP contribution in [0.1, 0.15) is 18.9 Å². The highest BCUT2D eigenvalue weighted by molar-refractivity contribution is 9.10. The maximum Gasteiger partial charge on any atom is 0.145 e. The van der Waals surface area contributed by atoms with Crippen molar-refractivity contribution in [2.75, 3.05) is 23.7 Å². The zero-order valence-electron chi connectivity index (χ0n) is 11.9. The fourth-order valence-corrected chi connectivity index (χ4v) is 2.36. The van der Waals surface area contributed by atoms with Crippen molar-refractivity contribution in [1.29, 1.82) is 0 Å². The molecule has 2 aromatic rings. The lowest BCUT2D eigenvalue weighted by molar-refractivity contribution is 0.625. The summed E-state index contributed by atoms with van der Waals surface area (Å²) in [6.07, 6.45) is 3.28. The summed E-state index contributed by atoms with van der Waals surface area (Å²) in [5, 5.41) is 6.47. The van der Waals surface area contributed by atoms with Gasteiger partial charge in [-0.15, -0.1) is 0 Å². The van der Waals surface area contributed by atoms with Crippen molar-refractivity contribution in [2.45, 2.75) is 19.8 Å². The molecule has 0 aliphatic carbocycles. The minimum atomic E-state index is -0.207. The molecule has 1 aromatic heterocycles. The topological polar surface area (TPSA) is 49.8 Å². The van der Waals surface area contributed by atoms with Gasteiger partial charge in [0, 0.05) is 13.1 Å². The molecule has 0 bridgehead atoms. The predicted molar refractivity (Wildman–Crippen MR) is 87.1 cm³/mol. The molecule has 0 radical (unpaired) electrons. The Hall–Kier alpha value is -1.69. The molecule has 0 amide bonds. The second kappa shape index (κ2) is 7.93. The molecule has 2 N–H and O–H groups in total. The average molecular weight is 353 g/mol. The fraction of sp³-hybridized carbons (Fsp3) is 0.333. The molecule has 0 saturated heterocycles. The van der Waals surface area contributed by atoms with E-state index in [1.165, 1.54) is 12.4 Å². The number of benzene rings is 1. The van der Waals surface area contributed by atoms with Crippen LogP contribution < -0.4 is 10.6 Å². The highest BCUT2D eigenvalue weighted by Crippen LogP contribution is 2.26. The van der Waals surface area contributed by atoms with Gasteiger partial charge in [-0.1, -0.05) is 19.1 Å². The summed E-state index contributed by atoms with van der Waals surface area (Å²) in [6, 6.07) is 6.63. The normalized spacial score (nSPS) is 10.4. The quantitative estimate of drug-likeness (QED) is 0.794. The first kappa shape index (κ1) is 15.7. The van der Waals surface area contributed by atoms with Crippen LogP contribution in [0.2, 0.25) is 0 Å². The Morgan fingerprint density at radius 1 is 1.14 bits per heavy atom. The summed E-state index contributed by atoms with van der Waals surface area (Å²) in [5.41, 5.74) is 0.956. The van der Waals surface area contributed by atoms with E-state index in [1.807, 2.05) is 6.07 Å². The standard InChI is InChI=1S/C15H18BrFN4/c1-2-7-18-14-13(16)15(21-10-20-14)19-8-6-11-4-3-5-12(17)9-11/h3-5,9-10H,2,6-8H2,1H3,(H2,18,19,20,21). The van der Waals surface area contributed by atoms with Gasteiger partial charge >= 0.3 is 0 Å². The van der Waals surface area contributed by atoms with E-state index in [9.17, 15) is 4.39 Å². The number of hydrogen-bond acceptors (Lipinski definition) is 4. The number of aromatic nitrogens is 2. The smallest absolute Gasteiger partial charge is 0.145 e. The monoisotopic (exact) mass is 352 g/mol. The van der Waals surface area contributed by atoms with Crippen molar-refractivity contribution in [1.82, 2.24) is 9.97 Å². The van der Waals surface area contributed by atoms with Gasteiger partial charge in [0.2, 0.25) is 0 Å². The lowest BCUT2D eigenvalue weighted by Crippen LogP contribution is -2.10. The van der Waals surface area contributed by atoms with Crippen LogP contribution in [0.15, 0.2) is 35.1 Å². The van der Waals surface area contributed by atoms with Gasteiger partial charge in [-0.3, -0.25) is 0 Å². The van der Waals surface area contributed by atoms with E-state index in [0.29, 0.717) is 6.54 Å². The molecule has 0 aliphatic heterocycles. The SMILES string of the molecule is CCCNc1ncnc(NCCc2cccc(F)c2)c1Br. The van der Waals surface area contributed by atoms with Gasteiger partial charge < -0.3 is 10.6 Å². The van der Waals surface area contributed by atoms with Gasteiger partial charge in [-0.05, 0) is 46.5 Å². The molecule has 21 heavy (non-hydrogen) atoms. The van der Waals surface area contributed by atoms with Gasteiger partial charge in [0.05, 0.1) is 0 Å². The molecule has 0 fully saturated rings. The van der Waals surface area contributed by atoms with E-state index in [-0.39, 0.29) is 5.82 Å². The molecule has 1 aromatic carbocycles. The van der Waals surface area contributed by atoms with E-state index in [2.05, 4.69) is 43.5 Å². The number of rotatable bonds is 7. The van der Waals surface area contributed by atoms with Gasteiger partial charge in [0.25, 0.3) is 0 Å². The summed E-state index contributed by atoms with van der Waals surface area (Å²) >= 11 is 3.50. The predicted octanol–water partition coefficient (Wildman–Crippen LogP) is 3.85. The maximum absolute atomic E-state index is 13.1. The highest BCUT2D eigenvalue weighted by Gasteiger charge is 2.07. The molecule has 1 heterocycles. The lowest BCUT2D eigenvalue weighted by atomic mass is 10.1. The van der Waals surface area contributed by atoms with Crippen LogP contribution >= 0.6 is 15.9 Å². The van der Waals surface area contributed by atoms with Crippen molar-refractivity contribution in [3.05, 3.63) is 46.4 Å². The minimum absolute atomic E-state index is 0.207. The van der Waals surface area contributed by atoms with E-state index < -0.39 is 0 Å². The number of nitrogens with one attached hydrogen (secondary N) is 2. The van der Waals surface area contributed by atoms with Crippen LogP contribution in [0.25, 0.3) is 0 Å². The molecule has 0 spiro atoms. The number of hydrogen-bond donors (Lipinski definition) is 2. The Morgan fingerprint density at radius 2 is 1.86 bits per heavy atom. The van der Waals surface area contributed by atoms with Crippen LogP contribution in [0, 0.1) is 5.82 Å². The Morgan fingerprint density at radius 3 is 2.52 bits per heavy atom. The summed E-state index contributed by atoms with van der Waals surface area (Å²) in [4.78, 5) is 8.41. The summed E-state index contributed by atoms with van der Waals surface area (Å²) in [6.45, 7) is 3.63. The van der Waals surface area contributed by atoms with Crippen LogP contribution in [-0.2, 0) is 6.42 Å². The van der Waals surface area contributed by atoms with Crippen molar-refractivity contribution >= 4 is 27.6 Å². The van der Waals surface area contributed by atoms with Crippen LogP contribution in [0.4, 0.5) is 16.0 Å². The van der Waals surface area contributed by atoms with Crippen molar-refractivity contribution in [2.24, 2.45) is 0 Å². The largest absolute Gasteiger partial charge is 0.369 e. The zero-order chi connectivity index (χ0) is 15.1. The van der Waals surface area contributed by atoms with Crippen molar-refractivity contribution in [3.63, 3.8) is 0 Å². The van der Waals surface area contributed by atoms with Gasteiger partial charge in [-0.25, -0.2) is 14.4 Å². The van der Waals surface area contributed by atoms with E-state index >= 15 is 0 Å². The van der Waals surface area contributed by atoms with Gasteiger partial charge in [-0.2, -0.15) is 0 Å². The lowest BCUT2D eigenvalue weighted by Gasteiger charge is -2.11. The molecular weight excluding hydrogens is 335 g/mol. The summed E-state index contributed by atoms with van der Waals surface area (Å²) in [7, 11) is 0. The second-order valence-corrected chi connectivity index (χ2v) is 5.41. The molecule has 0 unspecified atom stereocenters. The Balaban J connectivity index is 1.94. The minimum Gasteiger partial charge on any atom is -0.369 e. The van der Waals surface area contributed by atoms with Crippen LogP contribution in [0.3, 0.4) is 0 Å². The van der Waals surface area contributed by atoms with Crippen LogP contribution in [-0.4, -0.2) is 23.1 Å². The molecular formula is C15H18BrFN4. The Labute approximate surface area is 132 Å². The molecule has 112 valence electrons. The first-order valence-electron chi connectivity index (χ1n) is 6.93. The third-order valence-corrected chi connectivity index (χ3v) is 3.68. The molecule has 0 saturated carbocycles. The van der Waals surface area contributed by atoms with E-state index in [0.717, 1.165) is 41.1 Å². The molecule has 6 heteroatoms. The van der Waals surface area contributed by atoms with Gasteiger partial charge in [0.1, 0.15) is 28.3 Å². The first-order chi connectivity index (χ1) is 10.2. The number of nitrogens with zero attached hydrogens (tertiary/aromatic N) is 2. The number of anilines is 2. The van der Waals surface area contributed by atoms with Crippen LogP contribution in [0.5, 0.6) is 0 Å². The zero-order valence-corrected chi connectivity index (χ0v) is 13.5. The maximum atomic E-state index is 13.1. The Kier molecular flexibility index (Phi) is 5.92. The third-order valence-electron chi connectivity index (χ3n) is 2.93. The summed E-state index contributed by atoms with van der Waals surface area (Å²) in [5.74, 6) is 1.31. The van der Waals surface area contributed by atoms with E-state index in [1.54, 1.807) is 12.1 Å². The molecule has 4 nitrogen and oxygen atoms in total. The molecule has 0 atom stereocenters. The van der Waals surface area contributed by atoms with Crippen molar-refractivity contribution < 1.29 is 4.39 Å².